The van der Waals surface area contributed by atoms with E-state index in [1.807, 2.05) is 13.8 Å². The maximum absolute atomic E-state index is 11.2. The first-order chi connectivity index (χ1) is 10.9. The summed E-state index contributed by atoms with van der Waals surface area (Å²) in [5.74, 6) is 0.414. The molecule has 2 unspecified atom stereocenters. The third-order valence-electron chi connectivity index (χ3n) is 4.36. The Morgan fingerprint density at radius 3 is 2.50 bits per heavy atom. The molecule has 1 aliphatic rings. The van der Waals surface area contributed by atoms with Gasteiger partial charge in [-0.15, -0.1) is 12.4 Å². The minimum absolute atomic E-state index is 0. The van der Waals surface area contributed by atoms with E-state index in [1.54, 1.807) is 0 Å². The number of nitrogens with zero attached hydrogens (tertiary/aromatic N) is 1. The highest BCUT2D eigenvalue weighted by Crippen LogP contribution is 2.26. The van der Waals surface area contributed by atoms with Crippen LogP contribution >= 0.6 is 12.4 Å². The standard InChI is InChI=1S/C18H28N2O3.ClH/c1-12-6-16(10-20-9-14(3)19-8-15(20)4)7-13(2)18(12)23-11-17(21)22-5;/h6-7,14-15,19H,8-11H2,1-5H3;1H. The molecule has 1 heterocycles. The number of aryl methyl sites for hydroxylation is 2. The molecule has 0 aliphatic carbocycles. The lowest BCUT2D eigenvalue weighted by Gasteiger charge is -2.37. The maximum Gasteiger partial charge on any atom is 0.343 e. The number of hydrogen-bond acceptors (Lipinski definition) is 5. The summed E-state index contributed by atoms with van der Waals surface area (Å²) in [4.78, 5) is 13.7. The highest BCUT2D eigenvalue weighted by Gasteiger charge is 2.22. The van der Waals surface area contributed by atoms with E-state index >= 15 is 0 Å². The second kappa shape index (κ2) is 9.25. The van der Waals surface area contributed by atoms with Crippen LogP contribution in [0.15, 0.2) is 12.1 Å². The Kier molecular flexibility index (Phi) is 8.00. The number of benzene rings is 1. The zero-order valence-electron chi connectivity index (χ0n) is 15.2. The first-order valence-electron chi connectivity index (χ1n) is 8.18. The largest absolute Gasteiger partial charge is 0.481 e. The van der Waals surface area contributed by atoms with Crippen LogP contribution in [0.25, 0.3) is 0 Å². The Balaban J connectivity index is 0.00000288. The summed E-state index contributed by atoms with van der Waals surface area (Å²) in [5, 5.41) is 3.51. The lowest BCUT2D eigenvalue weighted by Crippen LogP contribution is -2.53. The normalized spacial score (nSPS) is 21.0. The number of piperazine rings is 1. The van der Waals surface area contributed by atoms with Crippen molar-refractivity contribution in [3.8, 4) is 5.75 Å². The number of halogens is 1. The van der Waals surface area contributed by atoms with Crippen LogP contribution in [0.3, 0.4) is 0 Å². The fourth-order valence-corrected chi connectivity index (χ4v) is 3.10. The van der Waals surface area contributed by atoms with E-state index in [-0.39, 0.29) is 25.0 Å². The number of nitrogens with one attached hydrogen (secondary N) is 1. The summed E-state index contributed by atoms with van der Waals surface area (Å²) >= 11 is 0. The SMILES string of the molecule is COC(=O)COc1c(C)cc(CN2CC(C)NCC2C)cc1C.Cl. The smallest absolute Gasteiger partial charge is 0.343 e. The van der Waals surface area contributed by atoms with E-state index in [1.165, 1.54) is 12.7 Å². The lowest BCUT2D eigenvalue weighted by atomic mass is 10.0. The molecule has 5 nitrogen and oxygen atoms in total. The van der Waals surface area contributed by atoms with Gasteiger partial charge in [0.05, 0.1) is 7.11 Å². The summed E-state index contributed by atoms with van der Waals surface area (Å²) in [6, 6.07) is 5.36. The fraction of sp³-hybridized carbons (Fsp3) is 0.611. The minimum Gasteiger partial charge on any atom is -0.481 e. The fourth-order valence-electron chi connectivity index (χ4n) is 3.10. The summed E-state index contributed by atoms with van der Waals surface area (Å²) in [7, 11) is 1.37. The quantitative estimate of drug-likeness (QED) is 0.821. The monoisotopic (exact) mass is 356 g/mol. The zero-order valence-corrected chi connectivity index (χ0v) is 16.0. The third kappa shape index (κ3) is 5.36. The van der Waals surface area contributed by atoms with E-state index in [9.17, 15) is 4.79 Å². The molecule has 1 aliphatic heterocycles. The van der Waals surface area contributed by atoms with Gasteiger partial charge in [-0.3, -0.25) is 4.90 Å². The molecule has 6 heteroatoms. The molecule has 0 radical (unpaired) electrons. The van der Waals surface area contributed by atoms with Crippen molar-refractivity contribution in [1.82, 2.24) is 10.2 Å². The highest BCUT2D eigenvalue weighted by atomic mass is 35.5. The summed E-state index contributed by atoms with van der Waals surface area (Å²) in [6.07, 6.45) is 0. The molecule has 0 bridgehead atoms. The number of carbonyl (C=O) groups excluding carboxylic acids is 1. The van der Waals surface area contributed by atoms with Crippen molar-refractivity contribution in [3.05, 3.63) is 28.8 Å². The Morgan fingerprint density at radius 1 is 1.29 bits per heavy atom. The van der Waals surface area contributed by atoms with Gasteiger partial charge in [0.1, 0.15) is 5.75 Å². The predicted molar refractivity (Wildman–Crippen MR) is 98.0 cm³/mol. The van der Waals surface area contributed by atoms with Gasteiger partial charge < -0.3 is 14.8 Å². The average Bonchev–Trinajstić information content (AvgIpc) is 2.49. The van der Waals surface area contributed by atoms with Crippen LogP contribution < -0.4 is 10.1 Å². The third-order valence-corrected chi connectivity index (χ3v) is 4.36. The van der Waals surface area contributed by atoms with Crippen LogP contribution in [0.2, 0.25) is 0 Å². The van der Waals surface area contributed by atoms with Crippen molar-refractivity contribution < 1.29 is 14.3 Å². The first-order valence-corrected chi connectivity index (χ1v) is 8.18. The average molecular weight is 357 g/mol. The summed E-state index contributed by atoms with van der Waals surface area (Å²) < 4.78 is 10.2. The molecule has 1 N–H and O–H groups in total. The van der Waals surface area contributed by atoms with Gasteiger partial charge in [-0.25, -0.2) is 4.79 Å². The molecule has 1 saturated heterocycles. The number of rotatable bonds is 5. The van der Waals surface area contributed by atoms with Crippen LogP contribution in [0.1, 0.15) is 30.5 Å². The Morgan fingerprint density at radius 2 is 1.92 bits per heavy atom. The molecule has 24 heavy (non-hydrogen) atoms. The van der Waals surface area contributed by atoms with E-state index in [0.29, 0.717) is 12.1 Å². The Bertz CT molecular complexity index is 542. The van der Waals surface area contributed by atoms with Gasteiger partial charge >= 0.3 is 5.97 Å². The van der Waals surface area contributed by atoms with Gasteiger partial charge in [0.25, 0.3) is 0 Å². The molecular formula is C18H29ClN2O3. The molecule has 2 atom stereocenters. The number of hydrogen-bond donors (Lipinski definition) is 1. The van der Waals surface area contributed by atoms with Crippen molar-refractivity contribution in [1.29, 1.82) is 0 Å². The van der Waals surface area contributed by atoms with Crippen LogP contribution in [-0.2, 0) is 16.1 Å². The summed E-state index contributed by atoms with van der Waals surface area (Å²) in [5.41, 5.74) is 3.39. The van der Waals surface area contributed by atoms with Gasteiger partial charge in [-0.2, -0.15) is 0 Å². The number of methoxy groups -OCH3 is 1. The topological polar surface area (TPSA) is 50.8 Å². The van der Waals surface area contributed by atoms with Gasteiger partial charge in [0.15, 0.2) is 6.61 Å². The van der Waals surface area contributed by atoms with Gasteiger partial charge in [0.2, 0.25) is 0 Å². The second-order valence-corrected chi connectivity index (χ2v) is 6.51. The number of carbonyl (C=O) groups is 1. The molecule has 0 saturated carbocycles. The molecule has 1 aromatic rings. The van der Waals surface area contributed by atoms with Crippen LogP contribution in [0.4, 0.5) is 0 Å². The van der Waals surface area contributed by atoms with E-state index < -0.39 is 0 Å². The molecule has 2 rings (SSSR count). The number of ether oxygens (including phenoxy) is 2. The molecular weight excluding hydrogens is 328 g/mol. The molecule has 0 aromatic heterocycles. The van der Waals surface area contributed by atoms with Crippen LogP contribution in [0.5, 0.6) is 5.75 Å². The molecule has 0 amide bonds. The minimum atomic E-state index is -0.364. The van der Waals surface area contributed by atoms with Crippen LogP contribution in [0, 0.1) is 13.8 Å². The Hall–Kier alpha value is -1.30. The van der Waals surface area contributed by atoms with Gasteiger partial charge in [-0.05, 0) is 44.4 Å². The van der Waals surface area contributed by atoms with E-state index in [0.717, 1.165) is 36.5 Å². The van der Waals surface area contributed by atoms with E-state index in [4.69, 9.17) is 4.74 Å². The van der Waals surface area contributed by atoms with Gasteiger partial charge in [-0.1, -0.05) is 12.1 Å². The number of esters is 1. The van der Waals surface area contributed by atoms with Crippen molar-refractivity contribution in [2.45, 2.75) is 46.3 Å². The highest BCUT2D eigenvalue weighted by molar-refractivity contribution is 5.85. The van der Waals surface area contributed by atoms with Crippen molar-refractivity contribution >= 4 is 18.4 Å². The maximum atomic E-state index is 11.2. The van der Waals surface area contributed by atoms with Crippen molar-refractivity contribution in [2.24, 2.45) is 0 Å². The first kappa shape index (κ1) is 20.7. The zero-order chi connectivity index (χ0) is 17.0. The summed E-state index contributed by atoms with van der Waals surface area (Å²) in [6.45, 7) is 11.5. The molecule has 1 fully saturated rings. The second-order valence-electron chi connectivity index (χ2n) is 6.51. The Labute approximate surface area is 151 Å². The lowest BCUT2D eigenvalue weighted by molar-refractivity contribution is -0.142. The molecule has 136 valence electrons. The molecule has 1 aromatic carbocycles. The predicted octanol–water partition coefficient (Wildman–Crippen LogP) is 2.46. The van der Waals surface area contributed by atoms with Crippen molar-refractivity contribution in [2.75, 3.05) is 26.8 Å². The molecule has 0 spiro atoms. The van der Waals surface area contributed by atoms with Crippen LogP contribution in [-0.4, -0.2) is 49.8 Å². The van der Waals surface area contributed by atoms with Gasteiger partial charge in [0, 0.05) is 31.7 Å². The van der Waals surface area contributed by atoms with Crippen molar-refractivity contribution in [3.63, 3.8) is 0 Å². The van der Waals surface area contributed by atoms with E-state index in [2.05, 4.69) is 40.9 Å².